The fourth-order valence-corrected chi connectivity index (χ4v) is 6.31. The van der Waals surface area contributed by atoms with Gasteiger partial charge >= 0.3 is 0 Å². The monoisotopic (exact) mass is 510 g/mol. The molecule has 33 heavy (non-hydrogen) atoms. The van der Waals surface area contributed by atoms with Crippen LogP contribution in [0.4, 0.5) is 5.13 Å². The summed E-state index contributed by atoms with van der Waals surface area (Å²) in [5.74, 6) is 0.135. The topological polar surface area (TPSA) is 110 Å². The van der Waals surface area contributed by atoms with Crippen molar-refractivity contribution in [1.29, 1.82) is 0 Å². The Bertz CT molecular complexity index is 1270. The standard InChI is InChI=1S/C21H23ClN4O5S2/c1-12-10-26(11-13(2)31-12)33(28,29)15-6-4-14(5-7-15)20(27)24-25-21-23-18-17(30-3)9-8-16(22)19(18)32-21/h4-9,12-13H,10-11H2,1-3H3,(H,23,25)(H,24,27)/t12-,13-/m1/s1. The number of carbonyl (C=O) groups is 1. The molecule has 2 atom stereocenters. The number of hydrogen-bond acceptors (Lipinski definition) is 8. The molecule has 1 saturated heterocycles. The maximum absolute atomic E-state index is 13.0. The summed E-state index contributed by atoms with van der Waals surface area (Å²) in [7, 11) is -2.14. The highest BCUT2D eigenvalue weighted by atomic mass is 35.5. The van der Waals surface area contributed by atoms with Crippen molar-refractivity contribution >= 4 is 54.2 Å². The number of anilines is 1. The van der Waals surface area contributed by atoms with E-state index >= 15 is 0 Å². The van der Waals surface area contributed by atoms with Gasteiger partial charge in [0.15, 0.2) is 0 Å². The lowest BCUT2D eigenvalue weighted by atomic mass is 10.2. The average Bonchev–Trinajstić information content (AvgIpc) is 3.22. The van der Waals surface area contributed by atoms with Crippen LogP contribution in [-0.4, -0.2) is 56.0 Å². The Morgan fingerprint density at radius 1 is 1.18 bits per heavy atom. The Kier molecular flexibility index (Phi) is 6.78. The quantitative estimate of drug-likeness (QED) is 0.488. The SMILES string of the molecule is COc1ccc(Cl)c2sc(NNC(=O)c3ccc(S(=O)(=O)N4C[C@@H](C)O[C@H](C)C4)cc3)nc12. The van der Waals surface area contributed by atoms with Crippen LogP contribution in [0.5, 0.6) is 5.75 Å². The van der Waals surface area contributed by atoms with Gasteiger partial charge in [0.25, 0.3) is 5.91 Å². The Morgan fingerprint density at radius 2 is 1.85 bits per heavy atom. The minimum atomic E-state index is -3.68. The van der Waals surface area contributed by atoms with Gasteiger partial charge in [-0.1, -0.05) is 22.9 Å². The van der Waals surface area contributed by atoms with Crippen LogP contribution in [0.25, 0.3) is 10.2 Å². The zero-order chi connectivity index (χ0) is 23.8. The van der Waals surface area contributed by atoms with Crippen LogP contribution in [0.1, 0.15) is 24.2 Å². The van der Waals surface area contributed by atoms with Crippen LogP contribution in [0, 0.1) is 0 Å². The van der Waals surface area contributed by atoms with Crippen LogP contribution < -0.4 is 15.6 Å². The molecule has 1 aromatic heterocycles. The van der Waals surface area contributed by atoms with Crippen molar-refractivity contribution in [3.05, 3.63) is 47.0 Å². The number of aromatic nitrogens is 1. The lowest BCUT2D eigenvalue weighted by molar-refractivity contribution is -0.0440. The zero-order valence-corrected chi connectivity index (χ0v) is 20.6. The second-order valence-electron chi connectivity index (χ2n) is 7.63. The van der Waals surface area contributed by atoms with E-state index in [1.165, 1.54) is 39.9 Å². The third-order valence-electron chi connectivity index (χ3n) is 5.10. The number of nitrogens with zero attached hydrogens (tertiary/aromatic N) is 2. The summed E-state index contributed by atoms with van der Waals surface area (Å²) < 4.78 is 39.0. The molecule has 2 N–H and O–H groups in total. The number of thiazole rings is 1. The second-order valence-corrected chi connectivity index (χ2v) is 11.0. The average molecular weight is 511 g/mol. The smallest absolute Gasteiger partial charge is 0.269 e. The van der Waals surface area contributed by atoms with Crippen molar-refractivity contribution in [3.63, 3.8) is 0 Å². The van der Waals surface area contributed by atoms with E-state index in [0.29, 0.717) is 27.0 Å². The van der Waals surface area contributed by atoms with Gasteiger partial charge in [-0.05, 0) is 50.2 Å². The van der Waals surface area contributed by atoms with E-state index in [2.05, 4.69) is 15.8 Å². The first-order valence-corrected chi connectivity index (χ1v) is 12.8. The van der Waals surface area contributed by atoms with Crippen LogP contribution in [0.3, 0.4) is 0 Å². The third-order valence-corrected chi connectivity index (χ3v) is 8.38. The predicted octanol–water partition coefficient (Wildman–Crippen LogP) is 3.51. The summed E-state index contributed by atoms with van der Waals surface area (Å²) in [6, 6.07) is 9.23. The van der Waals surface area contributed by atoms with Crippen molar-refractivity contribution < 1.29 is 22.7 Å². The molecule has 1 aliphatic rings. The molecular formula is C21H23ClN4O5S2. The lowest BCUT2D eigenvalue weighted by Gasteiger charge is -2.34. The van der Waals surface area contributed by atoms with Gasteiger partial charge in [0, 0.05) is 18.7 Å². The maximum atomic E-state index is 13.0. The number of hydrogen-bond donors (Lipinski definition) is 2. The number of carbonyl (C=O) groups excluding carboxylic acids is 1. The second kappa shape index (κ2) is 9.43. The van der Waals surface area contributed by atoms with Gasteiger partial charge in [-0.2, -0.15) is 4.31 Å². The number of ether oxygens (including phenoxy) is 2. The molecule has 9 nitrogen and oxygen atoms in total. The zero-order valence-electron chi connectivity index (χ0n) is 18.2. The molecule has 0 aliphatic carbocycles. The van der Waals surface area contributed by atoms with Gasteiger partial charge in [0.1, 0.15) is 11.3 Å². The molecule has 12 heteroatoms. The molecule has 0 spiro atoms. The molecule has 0 bridgehead atoms. The van der Waals surface area contributed by atoms with E-state index in [0.717, 1.165) is 4.70 Å². The minimum Gasteiger partial charge on any atom is -0.494 e. The lowest BCUT2D eigenvalue weighted by Crippen LogP contribution is -2.48. The molecule has 0 radical (unpaired) electrons. The summed E-state index contributed by atoms with van der Waals surface area (Å²) in [4.78, 5) is 17.1. The number of rotatable bonds is 6. The van der Waals surface area contributed by atoms with Gasteiger partial charge in [0.2, 0.25) is 15.2 Å². The van der Waals surface area contributed by atoms with Crippen LogP contribution in [0.2, 0.25) is 5.02 Å². The molecule has 2 aromatic carbocycles. The van der Waals surface area contributed by atoms with Gasteiger partial charge in [0.05, 0.1) is 33.9 Å². The van der Waals surface area contributed by atoms with Gasteiger partial charge in [-0.3, -0.25) is 15.6 Å². The number of amides is 1. The van der Waals surface area contributed by atoms with E-state index in [4.69, 9.17) is 21.1 Å². The molecule has 176 valence electrons. The van der Waals surface area contributed by atoms with E-state index < -0.39 is 15.9 Å². The number of benzene rings is 2. The molecule has 0 saturated carbocycles. The van der Waals surface area contributed by atoms with Crippen molar-refractivity contribution in [2.45, 2.75) is 31.0 Å². The number of halogens is 1. The summed E-state index contributed by atoms with van der Waals surface area (Å²) in [5.41, 5.74) is 6.22. The van der Waals surface area contributed by atoms with Gasteiger partial charge < -0.3 is 9.47 Å². The Balaban J connectivity index is 1.45. The van der Waals surface area contributed by atoms with Crippen LogP contribution >= 0.6 is 22.9 Å². The molecule has 4 rings (SSSR count). The Labute approximate surface area is 200 Å². The molecule has 1 aliphatic heterocycles. The summed E-state index contributed by atoms with van der Waals surface area (Å²) in [5, 5.41) is 0.961. The van der Waals surface area contributed by atoms with Crippen molar-refractivity contribution in [2.24, 2.45) is 0 Å². The fourth-order valence-electron chi connectivity index (χ4n) is 3.61. The molecular weight excluding hydrogens is 488 g/mol. The highest BCUT2D eigenvalue weighted by molar-refractivity contribution is 7.89. The van der Waals surface area contributed by atoms with Gasteiger partial charge in [-0.15, -0.1) is 0 Å². The fraction of sp³-hybridized carbons (Fsp3) is 0.333. The molecule has 2 heterocycles. The molecule has 3 aromatic rings. The number of morpholine rings is 1. The first-order chi connectivity index (χ1) is 15.7. The van der Waals surface area contributed by atoms with E-state index in [1.54, 1.807) is 19.2 Å². The maximum Gasteiger partial charge on any atom is 0.269 e. The number of hydrazine groups is 1. The largest absolute Gasteiger partial charge is 0.494 e. The Morgan fingerprint density at radius 3 is 2.48 bits per heavy atom. The number of fused-ring (bicyclic) bond motifs is 1. The Hall–Kier alpha value is -2.44. The number of sulfonamides is 1. The van der Waals surface area contributed by atoms with Crippen LogP contribution in [0.15, 0.2) is 41.3 Å². The first-order valence-electron chi connectivity index (χ1n) is 10.1. The minimum absolute atomic E-state index is 0.126. The van der Waals surface area contributed by atoms with Crippen molar-refractivity contribution in [1.82, 2.24) is 14.7 Å². The number of methoxy groups -OCH3 is 1. The first kappa shape index (κ1) is 23.7. The highest BCUT2D eigenvalue weighted by Gasteiger charge is 2.32. The highest BCUT2D eigenvalue weighted by Crippen LogP contribution is 2.37. The van der Waals surface area contributed by atoms with Crippen molar-refractivity contribution in [2.75, 3.05) is 25.6 Å². The normalized spacial score (nSPS) is 19.4. The molecule has 1 fully saturated rings. The van der Waals surface area contributed by atoms with E-state index in [-0.39, 0.29) is 30.2 Å². The summed E-state index contributed by atoms with van der Waals surface area (Å²) in [6.45, 7) is 4.26. The van der Waals surface area contributed by atoms with Gasteiger partial charge in [-0.25, -0.2) is 13.4 Å². The summed E-state index contributed by atoms with van der Waals surface area (Å²) >= 11 is 7.49. The van der Waals surface area contributed by atoms with Crippen LogP contribution in [-0.2, 0) is 14.8 Å². The predicted molar refractivity (Wildman–Crippen MR) is 127 cm³/mol. The van der Waals surface area contributed by atoms with Crippen molar-refractivity contribution in [3.8, 4) is 5.75 Å². The molecule has 1 amide bonds. The molecule has 0 unspecified atom stereocenters. The van der Waals surface area contributed by atoms with E-state index in [1.807, 2.05) is 13.8 Å². The van der Waals surface area contributed by atoms with E-state index in [9.17, 15) is 13.2 Å². The third kappa shape index (κ3) is 4.92. The number of nitrogens with one attached hydrogen (secondary N) is 2. The summed E-state index contributed by atoms with van der Waals surface area (Å²) in [6.07, 6.45) is -0.367.